The highest BCUT2D eigenvalue weighted by atomic mass is 16.4. The summed E-state index contributed by atoms with van der Waals surface area (Å²) in [6.07, 6.45) is 5.86. The Bertz CT molecular complexity index is 1040. The maximum absolute atomic E-state index is 12.2. The van der Waals surface area contributed by atoms with Crippen molar-refractivity contribution in [3.63, 3.8) is 0 Å². The van der Waals surface area contributed by atoms with E-state index in [1.807, 2.05) is 36.4 Å². The van der Waals surface area contributed by atoms with Gasteiger partial charge in [-0.3, -0.25) is 0 Å². The largest absolute Gasteiger partial charge is 0.478 e. The van der Waals surface area contributed by atoms with Crippen molar-refractivity contribution in [1.82, 2.24) is 15.5 Å². The van der Waals surface area contributed by atoms with Crippen LogP contribution in [0.25, 0.3) is 5.70 Å². The number of hydrogen-bond acceptors (Lipinski definition) is 4. The number of carboxylic acids is 1. The fourth-order valence-electron chi connectivity index (χ4n) is 4.74. The van der Waals surface area contributed by atoms with E-state index in [1.54, 1.807) is 6.08 Å². The molecule has 3 N–H and O–H groups in total. The average Bonchev–Trinajstić information content (AvgIpc) is 2.84. The molecule has 2 aromatic carbocycles. The summed E-state index contributed by atoms with van der Waals surface area (Å²) in [5, 5.41) is 17.4. The number of rotatable bonds is 12. The Morgan fingerprint density at radius 2 is 1.68 bits per heavy atom. The Morgan fingerprint density at radius 1 is 1.00 bits per heavy atom. The molecular formula is C29H39N3O2. The highest BCUT2D eigenvalue weighted by Crippen LogP contribution is 2.35. The molecule has 0 saturated heterocycles. The molecule has 0 aliphatic carbocycles. The summed E-state index contributed by atoms with van der Waals surface area (Å²) in [5.41, 5.74) is 4.83. The van der Waals surface area contributed by atoms with Gasteiger partial charge in [0.25, 0.3) is 0 Å². The third-order valence-corrected chi connectivity index (χ3v) is 6.74. The van der Waals surface area contributed by atoms with Gasteiger partial charge >= 0.3 is 5.97 Å². The van der Waals surface area contributed by atoms with Crippen LogP contribution >= 0.6 is 0 Å². The minimum absolute atomic E-state index is 0.309. The molecule has 5 nitrogen and oxygen atoms in total. The molecular weight excluding hydrogens is 422 g/mol. The molecule has 1 atom stereocenters. The van der Waals surface area contributed by atoms with Crippen LogP contribution in [0.2, 0.25) is 0 Å². The molecule has 182 valence electrons. The smallest absolute Gasteiger partial charge is 0.335 e. The van der Waals surface area contributed by atoms with Crippen molar-refractivity contribution in [3.8, 4) is 0 Å². The number of aliphatic carboxylic acids is 1. The molecule has 0 spiro atoms. The minimum atomic E-state index is -0.912. The number of nitrogens with one attached hydrogen (secondary N) is 2. The lowest BCUT2D eigenvalue weighted by Crippen LogP contribution is -2.50. The van der Waals surface area contributed by atoms with E-state index in [4.69, 9.17) is 0 Å². The maximum atomic E-state index is 12.2. The van der Waals surface area contributed by atoms with Crippen LogP contribution in [0.1, 0.15) is 48.9 Å². The summed E-state index contributed by atoms with van der Waals surface area (Å²) >= 11 is 0. The van der Waals surface area contributed by atoms with Crippen molar-refractivity contribution >= 4 is 11.7 Å². The van der Waals surface area contributed by atoms with Gasteiger partial charge in [0.05, 0.1) is 11.1 Å². The third kappa shape index (κ3) is 6.16. The normalized spacial score (nSPS) is 17.8. The number of aryl methyl sites for hydroxylation is 2. The number of carboxylic acid groups (broad SMARTS) is 1. The van der Waals surface area contributed by atoms with Crippen molar-refractivity contribution < 1.29 is 9.90 Å². The molecule has 0 amide bonds. The Hall–Kier alpha value is -2.89. The van der Waals surface area contributed by atoms with Crippen LogP contribution < -0.4 is 10.6 Å². The Morgan fingerprint density at radius 3 is 2.32 bits per heavy atom. The predicted octanol–water partition coefficient (Wildman–Crippen LogP) is 4.87. The third-order valence-electron chi connectivity index (χ3n) is 6.74. The molecule has 2 aromatic rings. The SMILES string of the molecule is CCN(CC)CCCCNCC1(c2ccccc2C)C=C(C(=O)O)C=C(c2ccccc2C)N1. The first-order valence-electron chi connectivity index (χ1n) is 12.4. The van der Waals surface area contributed by atoms with Crippen LogP contribution in [0.15, 0.2) is 66.3 Å². The van der Waals surface area contributed by atoms with E-state index in [1.165, 1.54) is 0 Å². The number of carbonyl (C=O) groups is 1. The number of nitrogens with zero attached hydrogens (tertiary/aromatic N) is 1. The summed E-state index contributed by atoms with van der Waals surface area (Å²) in [7, 11) is 0. The Kier molecular flexibility index (Phi) is 9.08. The van der Waals surface area contributed by atoms with Gasteiger partial charge < -0.3 is 20.6 Å². The van der Waals surface area contributed by atoms with Crippen molar-refractivity contribution in [2.24, 2.45) is 0 Å². The van der Waals surface area contributed by atoms with Gasteiger partial charge in [-0.1, -0.05) is 62.4 Å². The molecule has 34 heavy (non-hydrogen) atoms. The highest BCUT2D eigenvalue weighted by molar-refractivity contribution is 5.94. The molecule has 0 radical (unpaired) electrons. The van der Waals surface area contributed by atoms with Crippen molar-refractivity contribution in [1.29, 1.82) is 0 Å². The fourth-order valence-corrected chi connectivity index (χ4v) is 4.74. The second-order valence-electron chi connectivity index (χ2n) is 9.10. The number of hydrogen-bond donors (Lipinski definition) is 3. The summed E-state index contributed by atoms with van der Waals surface area (Å²) in [5.74, 6) is -0.912. The lowest BCUT2D eigenvalue weighted by Gasteiger charge is -2.39. The maximum Gasteiger partial charge on any atom is 0.335 e. The Labute approximate surface area is 204 Å². The molecule has 0 aromatic heterocycles. The van der Waals surface area contributed by atoms with E-state index < -0.39 is 11.5 Å². The van der Waals surface area contributed by atoms with Crippen LogP contribution in [0, 0.1) is 13.8 Å². The number of dihydropyridines is 1. The van der Waals surface area contributed by atoms with Crippen molar-refractivity contribution in [2.45, 2.75) is 46.1 Å². The highest BCUT2D eigenvalue weighted by Gasteiger charge is 2.36. The molecule has 0 fully saturated rings. The molecule has 1 aliphatic rings. The predicted molar refractivity (Wildman–Crippen MR) is 141 cm³/mol. The summed E-state index contributed by atoms with van der Waals surface area (Å²) in [4.78, 5) is 14.6. The van der Waals surface area contributed by atoms with Crippen molar-refractivity contribution in [2.75, 3.05) is 32.7 Å². The molecule has 3 rings (SSSR count). The van der Waals surface area contributed by atoms with E-state index in [0.29, 0.717) is 12.1 Å². The van der Waals surface area contributed by atoms with Crippen LogP contribution in [0.4, 0.5) is 0 Å². The molecule has 1 aliphatic heterocycles. The standard InChI is InChI=1S/C29H39N3O2/c1-5-32(6-2)18-12-11-17-30-21-29(26-16-10-8-14-23(26)4)20-24(28(33)34)19-27(31-29)25-15-9-7-13-22(25)3/h7-10,13-16,19-20,30-31H,5-6,11-12,17-18,21H2,1-4H3,(H,33,34). The molecule has 1 heterocycles. The van der Waals surface area contributed by atoms with Gasteiger partial charge in [-0.25, -0.2) is 4.79 Å². The summed E-state index contributed by atoms with van der Waals surface area (Å²) in [6.45, 7) is 13.3. The topological polar surface area (TPSA) is 64.6 Å². The van der Waals surface area contributed by atoms with Crippen LogP contribution in [-0.2, 0) is 10.3 Å². The quantitative estimate of drug-likeness (QED) is 0.394. The zero-order valence-corrected chi connectivity index (χ0v) is 21.0. The zero-order valence-electron chi connectivity index (χ0n) is 21.0. The van der Waals surface area contributed by atoms with Crippen molar-refractivity contribution in [3.05, 3.63) is 88.5 Å². The van der Waals surface area contributed by atoms with Gasteiger partial charge in [0.2, 0.25) is 0 Å². The van der Waals surface area contributed by atoms with Gasteiger partial charge in [0.1, 0.15) is 0 Å². The first-order valence-corrected chi connectivity index (χ1v) is 12.4. The van der Waals surface area contributed by atoms with Gasteiger partial charge in [-0.2, -0.15) is 0 Å². The first kappa shape index (κ1) is 25.7. The summed E-state index contributed by atoms with van der Waals surface area (Å²) < 4.78 is 0. The summed E-state index contributed by atoms with van der Waals surface area (Å²) in [6, 6.07) is 16.3. The second kappa shape index (κ2) is 12.0. The second-order valence-corrected chi connectivity index (χ2v) is 9.10. The van der Waals surface area contributed by atoms with Gasteiger partial charge in [-0.05, 0) is 81.7 Å². The lowest BCUT2D eigenvalue weighted by molar-refractivity contribution is -0.132. The Balaban J connectivity index is 1.88. The van der Waals surface area contributed by atoms with Crippen LogP contribution in [0.3, 0.4) is 0 Å². The van der Waals surface area contributed by atoms with E-state index in [0.717, 1.165) is 67.0 Å². The van der Waals surface area contributed by atoms with E-state index in [2.05, 4.69) is 61.4 Å². The zero-order chi connectivity index (χ0) is 24.6. The van der Waals surface area contributed by atoms with Gasteiger partial charge in [0.15, 0.2) is 0 Å². The number of benzene rings is 2. The average molecular weight is 462 g/mol. The van der Waals surface area contributed by atoms with Gasteiger partial charge in [0, 0.05) is 17.8 Å². The molecule has 1 unspecified atom stereocenters. The lowest BCUT2D eigenvalue weighted by atomic mass is 9.81. The van der Waals surface area contributed by atoms with E-state index in [-0.39, 0.29) is 0 Å². The van der Waals surface area contributed by atoms with E-state index in [9.17, 15) is 9.90 Å². The minimum Gasteiger partial charge on any atom is -0.478 e. The molecule has 0 saturated carbocycles. The molecule has 0 bridgehead atoms. The van der Waals surface area contributed by atoms with Crippen LogP contribution in [-0.4, -0.2) is 48.7 Å². The van der Waals surface area contributed by atoms with E-state index >= 15 is 0 Å². The van der Waals surface area contributed by atoms with Crippen LogP contribution in [0.5, 0.6) is 0 Å². The van der Waals surface area contributed by atoms with Gasteiger partial charge in [-0.15, -0.1) is 0 Å². The molecule has 5 heteroatoms. The number of unbranched alkanes of at least 4 members (excludes halogenated alkanes) is 1. The monoisotopic (exact) mass is 461 g/mol. The fraction of sp³-hybridized carbons (Fsp3) is 0.414. The first-order chi connectivity index (χ1) is 16.4.